The van der Waals surface area contributed by atoms with Crippen LogP contribution in [0.4, 0.5) is 0 Å². The molecular weight excluding hydrogens is 568 g/mol. The largest absolute Gasteiger partial charge is 0.426 e. The Morgan fingerprint density at radius 3 is 1.76 bits per heavy atom. The predicted octanol–water partition coefficient (Wildman–Crippen LogP) is 7.93. The molecule has 3 aliphatic carbocycles. The van der Waals surface area contributed by atoms with E-state index in [0.29, 0.717) is 0 Å². The minimum Gasteiger partial charge on any atom is -0.426 e. The first kappa shape index (κ1) is 35.6. The van der Waals surface area contributed by atoms with Crippen LogP contribution >= 0.6 is 0 Å². The fourth-order valence-corrected chi connectivity index (χ4v) is 8.46. The number of carbonyl (C=O) groups excluding carboxylic acids is 3. The van der Waals surface area contributed by atoms with Crippen LogP contribution in [0.5, 0.6) is 11.5 Å². The van der Waals surface area contributed by atoms with E-state index >= 15 is 0 Å². The van der Waals surface area contributed by atoms with Crippen molar-refractivity contribution in [2.75, 3.05) is 13.2 Å². The summed E-state index contributed by atoms with van der Waals surface area (Å²) in [6, 6.07) is 4.95. The van der Waals surface area contributed by atoms with Gasteiger partial charge in [0.05, 0.1) is 12.5 Å². The molecule has 4 rings (SSSR count). The van der Waals surface area contributed by atoms with E-state index in [9.17, 15) is 19.5 Å². The number of hydrogen-bond donors (Lipinski definition) is 2. The Morgan fingerprint density at radius 1 is 0.711 bits per heavy atom. The number of aliphatic hydroxyl groups is 2. The van der Waals surface area contributed by atoms with Crippen LogP contribution in [-0.4, -0.2) is 41.1 Å². The van der Waals surface area contributed by atoms with Gasteiger partial charge in [0.15, 0.2) is 0 Å². The van der Waals surface area contributed by atoms with Gasteiger partial charge in [0.2, 0.25) is 0 Å². The molecule has 0 aromatic heterocycles. The number of ketones is 1. The molecule has 1 aromatic carbocycles. The Labute approximate surface area is 270 Å². The number of carbonyl (C=O) groups is 3. The average Bonchev–Trinajstić information content (AvgIpc) is 3.07. The van der Waals surface area contributed by atoms with Gasteiger partial charge in [0.1, 0.15) is 18.1 Å². The monoisotopic (exact) mass is 626 g/mol. The van der Waals surface area contributed by atoms with Crippen LogP contribution < -0.4 is 9.47 Å². The maximum atomic E-state index is 12.4. The average molecular weight is 627 g/mol. The Morgan fingerprint density at radius 2 is 1.22 bits per heavy atom. The molecule has 3 saturated carbocycles. The van der Waals surface area contributed by atoms with Crippen LogP contribution in [0, 0.1) is 35.5 Å². The molecule has 7 nitrogen and oxygen atoms in total. The number of Topliss-reactive ketones (excluding diaryl/α,β-unsaturated/α-hetero) is 1. The number of hydrogen-bond acceptors (Lipinski definition) is 7. The number of unbranched alkanes of at least 4 members (excludes halogenated alkanes) is 4. The highest BCUT2D eigenvalue weighted by atomic mass is 16.6. The summed E-state index contributed by atoms with van der Waals surface area (Å²) in [6.45, 7) is 2.60. The van der Waals surface area contributed by atoms with Crippen molar-refractivity contribution >= 4 is 17.7 Å². The Hall–Kier alpha value is -2.25. The van der Waals surface area contributed by atoms with Crippen LogP contribution in [0.2, 0.25) is 0 Å². The third-order valence-electron chi connectivity index (χ3n) is 11.4. The molecule has 0 spiro atoms. The maximum absolute atomic E-state index is 12.4. The summed E-state index contributed by atoms with van der Waals surface area (Å²) in [5, 5.41) is 18.4. The van der Waals surface area contributed by atoms with Crippen molar-refractivity contribution in [3.05, 3.63) is 23.8 Å². The zero-order valence-corrected chi connectivity index (χ0v) is 27.9. The summed E-state index contributed by atoms with van der Waals surface area (Å²) in [5.74, 6) is 1.54. The minimum absolute atomic E-state index is 0.111. The smallest absolute Gasteiger partial charge is 0.382 e. The molecule has 1 aromatic rings. The Bertz CT molecular complexity index is 1080. The van der Waals surface area contributed by atoms with Gasteiger partial charge in [0.25, 0.3) is 5.78 Å². The van der Waals surface area contributed by atoms with Crippen LogP contribution in [0.1, 0.15) is 141 Å². The van der Waals surface area contributed by atoms with Crippen molar-refractivity contribution in [2.45, 2.75) is 135 Å². The van der Waals surface area contributed by atoms with E-state index < -0.39 is 30.2 Å². The molecule has 0 radical (unpaired) electrons. The zero-order valence-electron chi connectivity index (χ0n) is 27.9. The lowest BCUT2D eigenvalue weighted by atomic mass is 9.64. The van der Waals surface area contributed by atoms with Gasteiger partial charge < -0.3 is 19.7 Å². The highest BCUT2D eigenvalue weighted by molar-refractivity contribution is 6.34. The summed E-state index contributed by atoms with van der Waals surface area (Å²) in [5.41, 5.74) is 0.912. The molecule has 252 valence electrons. The van der Waals surface area contributed by atoms with E-state index in [2.05, 4.69) is 6.92 Å². The summed E-state index contributed by atoms with van der Waals surface area (Å²) >= 11 is 0. The van der Waals surface area contributed by atoms with Crippen LogP contribution in [0.15, 0.2) is 18.2 Å². The van der Waals surface area contributed by atoms with E-state index in [4.69, 9.17) is 14.6 Å². The Balaban J connectivity index is 1.25. The van der Waals surface area contributed by atoms with E-state index in [1.54, 1.807) is 13.0 Å². The molecule has 7 heteroatoms. The van der Waals surface area contributed by atoms with Gasteiger partial charge in [0, 0.05) is 6.07 Å². The summed E-state index contributed by atoms with van der Waals surface area (Å²) < 4.78 is 10.7. The molecule has 45 heavy (non-hydrogen) atoms. The van der Waals surface area contributed by atoms with Crippen molar-refractivity contribution in [3.63, 3.8) is 0 Å². The lowest BCUT2D eigenvalue weighted by Crippen LogP contribution is -2.29. The van der Waals surface area contributed by atoms with Crippen LogP contribution in [-0.2, 0) is 14.4 Å². The molecule has 3 fully saturated rings. The first-order chi connectivity index (χ1) is 21.8. The summed E-state index contributed by atoms with van der Waals surface area (Å²) in [6.07, 6.45) is 24.2. The third kappa shape index (κ3) is 10.6. The third-order valence-corrected chi connectivity index (χ3v) is 11.4. The van der Waals surface area contributed by atoms with E-state index in [-0.39, 0.29) is 24.0 Å². The predicted molar refractivity (Wildman–Crippen MR) is 175 cm³/mol. The number of esters is 2. The number of ether oxygens (including phenoxy) is 2. The molecule has 1 atom stereocenters. The fourth-order valence-electron chi connectivity index (χ4n) is 8.46. The van der Waals surface area contributed by atoms with Gasteiger partial charge in [-0.05, 0) is 124 Å². The number of benzene rings is 1. The van der Waals surface area contributed by atoms with Gasteiger partial charge in [-0.25, -0.2) is 4.79 Å². The van der Waals surface area contributed by atoms with E-state index in [0.717, 1.165) is 60.8 Å². The number of aliphatic hydroxyl groups excluding tert-OH is 2. The molecule has 0 bridgehead atoms. The standard InChI is InChI=1S/C38H58O7/c1-3-4-5-6-7-8-27-9-11-28(12-10-27)29-13-15-30(16-14-29)31-17-19-32(20-18-31)33-21-34(44-37(42)26(2)24-39)23-35(22-33)45-38(43)36(41)25-40/h21-23,26-32,39-40H,3-20,24-25H2,1-2H3. The van der Waals surface area contributed by atoms with Gasteiger partial charge in [-0.15, -0.1) is 0 Å². The van der Waals surface area contributed by atoms with Gasteiger partial charge in [-0.3, -0.25) is 9.59 Å². The quantitative estimate of drug-likeness (QED) is 0.0880. The molecule has 0 aliphatic heterocycles. The second-order valence-corrected chi connectivity index (χ2v) is 14.5. The second-order valence-electron chi connectivity index (χ2n) is 14.5. The van der Waals surface area contributed by atoms with Crippen molar-refractivity contribution < 1.29 is 34.1 Å². The van der Waals surface area contributed by atoms with Gasteiger partial charge in [-0.1, -0.05) is 58.3 Å². The van der Waals surface area contributed by atoms with Crippen molar-refractivity contribution in [2.24, 2.45) is 35.5 Å². The topological polar surface area (TPSA) is 110 Å². The first-order valence-corrected chi connectivity index (χ1v) is 18.1. The molecule has 0 saturated heterocycles. The van der Waals surface area contributed by atoms with Crippen molar-refractivity contribution in [3.8, 4) is 11.5 Å². The summed E-state index contributed by atoms with van der Waals surface area (Å²) in [4.78, 5) is 36.1. The van der Waals surface area contributed by atoms with Crippen molar-refractivity contribution in [1.82, 2.24) is 0 Å². The molecule has 0 heterocycles. The van der Waals surface area contributed by atoms with Gasteiger partial charge >= 0.3 is 11.9 Å². The molecule has 1 unspecified atom stereocenters. The van der Waals surface area contributed by atoms with Crippen LogP contribution in [0.25, 0.3) is 0 Å². The molecule has 0 amide bonds. The maximum Gasteiger partial charge on any atom is 0.382 e. The lowest BCUT2D eigenvalue weighted by molar-refractivity contribution is -0.148. The first-order valence-electron chi connectivity index (χ1n) is 18.1. The minimum atomic E-state index is -1.15. The number of rotatable bonds is 15. The molecular formula is C38H58O7. The second kappa shape index (κ2) is 18.2. The van der Waals surface area contributed by atoms with E-state index in [1.807, 2.05) is 6.07 Å². The summed E-state index contributed by atoms with van der Waals surface area (Å²) in [7, 11) is 0. The fraction of sp³-hybridized carbons (Fsp3) is 0.763. The highest BCUT2D eigenvalue weighted by Crippen LogP contribution is 2.48. The molecule has 3 aliphatic rings. The highest BCUT2D eigenvalue weighted by Gasteiger charge is 2.35. The normalized spacial score (nSPS) is 27.8. The van der Waals surface area contributed by atoms with Crippen molar-refractivity contribution in [1.29, 1.82) is 0 Å². The SMILES string of the molecule is CCCCCCCC1CCC(C2CCC(C3CCC(c4cc(OC(=O)C(=O)CO)cc(OC(=O)C(C)CO)c4)CC3)CC2)CC1. The molecule has 2 N–H and O–H groups in total. The van der Waals surface area contributed by atoms with Gasteiger partial charge in [-0.2, -0.15) is 0 Å². The lowest BCUT2D eigenvalue weighted by Gasteiger charge is -2.41. The zero-order chi connectivity index (χ0) is 32.2. The van der Waals surface area contributed by atoms with E-state index in [1.165, 1.54) is 96.0 Å². The Kier molecular flexibility index (Phi) is 14.4. The van der Waals surface area contributed by atoms with Crippen LogP contribution in [0.3, 0.4) is 0 Å².